The van der Waals surface area contributed by atoms with Crippen LogP contribution in [-0.2, 0) is 29.5 Å². The number of nitrogens with zero attached hydrogens (tertiary/aromatic N) is 3. The van der Waals surface area contributed by atoms with Crippen LogP contribution in [0.1, 0.15) is 59.1 Å². The molecule has 2 aliphatic rings. The van der Waals surface area contributed by atoms with Gasteiger partial charge >= 0.3 is 0 Å². The maximum Gasteiger partial charge on any atom is 0.257 e. The van der Waals surface area contributed by atoms with E-state index in [0.717, 1.165) is 57.4 Å². The molecule has 190 valence electrons. The highest BCUT2D eigenvalue weighted by Gasteiger charge is 2.32. The van der Waals surface area contributed by atoms with Crippen molar-refractivity contribution in [1.82, 2.24) is 14.2 Å². The average molecular weight is 525 g/mol. The number of sulfonamides is 1. The Morgan fingerprint density at radius 1 is 1.08 bits per heavy atom. The Balaban J connectivity index is 1.23. The first-order valence-corrected chi connectivity index (χ1v) is 14.9. The maximum atomic E-state index is 13.2. The molecule has 1 amide bonds. The molecule has 0 unspecified atom stereocenters. The van der Waals surface area contributed by atoms with Crippen molar-refractivity contribution < 1.29 is 13.2 Å². The summed E-state index contributed by atoms with van der Waals surface area (Å²) < 4.78 is 28.0. The zero-order valence-electron chi connectivity index (χ0n) is 20.5. The lowest BCUT2D eigenvalue weighted by Crippen LogP contribution is -2.43. The summed E-state index contributed by atoms with van der Waals surface area (Å²) in [5.41, 5.74) is 2.75. The Morgan fingerprint density at radius 3 is 2.61 bits per heavy atom. The van der Waals surface area contributed by atoms with Gasteiger partial charge in [0.05, 0.1) is 10.6 Å². The molecule has 1 aromatic heterocycles. The molecule has 7 nitrogen and oxygen atoms in total. The highest BCUT2D eigenvalue weighted by Crippen LogP contribution is 2.30. The van der Waals surface area contributed by atoms with Crippen molar-refractivity contribution in [3.8, 4) is 0 Å². The third kappa shape index (κ3) is 5.39. The van der Waals surface area contributed by atoms with Gasteiger partial charge in [0.25, 0.3) is 5.91 Å². The Kier molecular flexibility index (Phi) is 7.52. The molecule has 0 aliphatic carbocycles. The molecule has 1 fully saturated rings. The van der Waals surface area contributed by atoms with E-state index in [4.69, 9.17) is 0 Å². The standard InChI is InChI=1S/C27H32N4O3S2/c1-2-22-10-6-7-16-31(22)36(33,34)23-13-11-21(12-14-23)26(32)29-27-28-24-15-17-30(19-25(24)35-27)18-20-8-4-3-5-9-20/h3-5,8-9,11-14,22H,2,6-7,10,15-19H2,1H3,(H,28,29,32)/t22-/m1/s1. The van der Waals surface area contributed by atoms with E-state index in [1.54, 1.807) is 28.6 Å². The van der Waals surface area contributed by atoms with Crippen LogP contribution in [0.15, 0.2) is 59.5 Å². The van der Waals surface area contributed by atoms with E-state index in [1.807, 2.05) is 13.0 Å². The van der Waals surface area contributed by atoms with Crippen molar-refractivity contribution in [1.29, 1.82) is 0 Å². The summed E-state index contributed by atoms with van der Waals surface area (Å²) in [6.07, 6.45) is 4.52. The van der Waals surface area contributed by atoms with E-state index in [9.17, 15) is 13.2 Å². The number of carbonyl (C=O) groups is 1. The first-order valence-electron chi connectivity index (χ1n) is 12.6. The molecule has 9 heteroatoms. The Morgan fingerprint density at radius 2 is 1.86 bits per heavy atom. The zero-order valence-corrected chi connectivity index (χ0v) is 22.2. The minimum atomic E-state index is -3.57. The topological polar surface area (TPSA) is 82.6 Å². The summed E-state index contributed by atoms with van der Waals surface area (Å²) in [5, 5.41) is 3.49. The van der Waals surface area contributed by atoms with Crippen molar-refractivity contribution in [2.75, 3.05) is 18.4 Å². The van der Waals surface area contributed by atoms with Crippen LogP contribution in [0.4, 0.5) is 5.13 Å². The fourth-order valence-corrected chi connectivity index (χ4v) is 7.87. The lowest BCUT2D eigenvalue weighted by Gasteiger charge is -2.34. The summed E-state index contributed by atoms with van der Waals surface area (Å²) in [6.45, 7) is 5.24. The zero-order chi connectivity index (χ0) is 25.1. The number of carbonyl (C=O) groups excluding carboxylic acids is 1. The lowest BCUT2D eigenvalue weighted by atomic mass is 10.0. The van der Waals surface area contributed by atoms with E-state index >= 15 is 0 Å². The molecule has 2 aromatic carbocycles. The Bertz CT molecular complexity index is 1310. The number of anilines is 1. The highest BCUT2D eigenvalue weighted by molar-refractivity contribution is 7.89. The number of nitrogens with one attached hydrogen (secondary N) is 1. The minimum absolute atomic E-state index is 0.0475. The van der Waals surface area contributed by atoms with Crippen LogP contribution in [0.5, 0.6) is 0 Å². The van der Waals surface area contributed by atoms with Crippen LogP contribution in [-0.4, -0.2) is 47.6 Å². The number of hydrogen-bond donors (Lipinski definition) is 1. The number of thiazole rings is 1. The van der Waals surface area contributed by atoms with Gasteiger partial charge in [-0.1, -0.05) is 43.7 Å². The van der Waals surface area contributed by atoms with Gasteiger partial charge in [-0.25, -0.2) is 13.4 Å². The van der Waals surface area contributed by atoms with Gasteiger partial charge in [0.1, 0.15) is 0 Å². The molecule has 0 spiro atoms. The van der Waals surface area contributed by atoms with Gasteiger partial charge in [0, 0.05) is 49.1 Å². The molecule has 0 radical (unpaired) electrons. The highest BCUT2D eigenvalue weighted by atomic mass is 32.2. The van der Waals surface area contributed by atoms with Crippen molar-refractivity contribution in [2.24, 2.45) is 0 Å². The predicted octanol–water partition coefficient (Wildman–Crippen LogP) is 4.91. The second-order valence-corrected chi connectivity index (χ2v) is 12.5. The molecule has 1 N–H and O–H groups in total. The van der Waals surface area contributed by atoms with Gasteiger partial charge in [-0.05, 0) is 49.1 Å². The largest absolute Gasteiger partial charge is 0.298 e. The van der Waals surface area contributed by atoms with Gasteiger partial charge in [0.2, 0.25) is 10.0 Å². The molecule has 1 atom stereocenters. The van der Waals surface area contributed by atoms with Crippen LogP contribution < -0.4 is 5.32 Å². The van der Waals surface area contributed by atoms with Crippen LogP contribution in [0, 0.1) is 0 Å². The van der Waals surface area contributed by atoms with Gasteiger partial charge in [-0.3, -0.25) is 15.0 Å². The van der Waals surface area contributed by atoms with Crippen LogP contribution in [0.3, 0.4) is 0 Å². The van der Waals surface area contributed by atoms with E-state index in [0.29, 0.717) is 17.2 Å². The summed E-state index contributed by atoms with van der Waals surface area (Å²) in [4.78, 5) is 21.3. The first kappa shape index (κ1) is 25.1. The molecule has 3 aromatic rings. The fourth-order valence-electron chi connectivity index (χ4n) is 5.06. The fraction of sp³-hybridized carbons (Fsp3) is 0.407. The lowest BCUT2D eigenvalue weighted by molar-refractivity contribution is 0.102. The number of piperidine rings is 1. The van der Waals surface area contributed by atoms with E-state index in [2.05, 4.69) is 39.5 Å². The van der Waals surface area contributed by atoms with Gasteiger partial charge in [-0.15, -0.1) is 11.3 Å². The number of fused-ring (bicyclic) bond motifs is 1. The minimum Gasteiger partial charge on any atom is -0.298 e. The molecule has 2 aliphatic heterocycles. The van der Waals surface area contributed by atoms with Crippen molar-refractivity contribution in [3.63, 3.8) is 0 Å². The van der Waals surface area contributed by atoms with E-state index < -0.39 is 10.0 Å². The monoisotopic (exact) mass is 524 g/mol. The van der Waals surface area contributed by atoms with Gasteiger partial charge in [0.15, 0.2) is 5.13 Å². The summed E-state index contributed by atoms with van der Waals surface area (Å²) >= 11 is 1.51. The van der Waals surface area contributed by atoms with Crippen LogP contribution in [0.2, 0.25) is 0 Å². The second-order valence-electron chi connectivity index (χ2n) is 9.49. The third-order valence-electron chi connectivity index (χ3n) is 7.05. The SMILES string of the molecule is CC[C@@H]1CCCCN1S(=O)(=O)c1ccc(C(=O)Nc2nc3c(s2)CN(Cc2ccccc2)CC3)cc1. The van der Waals surface area contributed by atoms with Crippen molar-refractivity contribution in [2.45, 2.75) is 63.1 Å². The molecular weight excluding hydrogens is 492 g/mol. The molecule has 3 heterocycles. The summed E-state index contributed by atoms with van der Waals surface area (Å²) in [5.74, 6) is -0.282. The summed E-state index contributed by atoms with van der Waals surface area (Å²) in [7, 11) is -3.57. The quantitative estimate of drug-likeness (QED) is 0.475. The normalized spacial score (nSPS) is 19.1. The maximum absolute atomic E-state index is 13.2. The van der Waals surface area contributed by atoms with Gasteiger partial charge in [-0.2, -0.15) is 4.31 Å². The second kappa shape index (κ2) is 10.8. The van der Waals surface area contributed by atoms with Crippen LogP contribution in [0.25, 0.3) is 0 Å². The first-order chi connectivity index (χ1) is 17.4. The predicted molar refractivity (Wildman–Crippen MR) is 143 cm³/mol. The van der Waals surface area contributed by atoms with Crippen molar-refractivity contribution >= 4 is 32.4 Å². The number of aromatic nitrogens is 1. The van der Waals surface area contributed by atoms with Crippen LogP contribution >= 0.6 is 11.3 Å². The molecule has 1 saturated heterocycles. The Labute approximate surface area is 217 Å². The molecular formula is C27H32N4O3S2. The summed E-state index contributed by atoms with van der Waals surface area (Å²) in [6, 6.07) is 16.7. The molecule has 5 rings (SSSR count). The number of benzene rings is 2. The molecule has 0 bridgehead atoms. The van der Waals surface area contributed by atoms with E-state index in [-0.39, 0.29) is 16.8 Å². The average Bonchev–Trinajstić information content (AvgIpc) is 3.30. The smallest absolute Gasteiger partial charge is 0.257 e. The number of hydrogen-bond acceptors (Lipinski definition) is 6. The van der Waals surface area contributed by atoms with E-state index in [1.165, 1.54) is 21.8 Å². The number of amides is 1. The Hall–Kier alpha value is -2.59. The number of rotatable bonds is 7. The third-order valence-corrected chi connectivity index (χ3v) is 10.0. The van der Waals surface area contributed by atoms with Gasteiger partial charge < -0.3 is 0 Å². The van der Waals surface area contributed by atoms with Crippen molar-refractivity contribution in [3.05, 3.63) is 76.3 Å². The molecule has 0 saturated carbocycles. The molecule has 36 heavy (non-hydrogen) atoms.